The largest absolute Gasteiger partial charge is 0.236 e. The van der Waals surface area contributed by atoms with Crippen molar-refractivity contribution in [1.29, 1.82) is 0 Å². The fourth-order valence-corrected chi connectivity index (χ4v) is 6.93. The molecule has 5 aromatic rings. The lowest BCUT2D eigenvalue weighted by Crippen LogP contribution is -2.24. The van der Waals surface area contributed by atoms with E-state index in [0.717, 1.165) is 16.2 Å². The molecule has 0 radical (unpaired) electrons. The number of thiophene rings is 1. The summed E-state index contributed by atoms with van der Waals surface area (Å²) in [7, 11) is 0. The normalized spacial score (nSPS) is 14.0. The van der Waals surface area contributed by atoms with Crippen molar-refractivity contribution < 1.29 is 0 Å². The lowest BCUT2D eigenvalue weighted by atomic mass is 9.69. The van der Waals surface area contributed by atoms with Gasteiger partial charge in [0.05, 0.1) is 11.4 Å². The van der Waals surface area contributed by atoms with Gasteiger partial charge in [-0.25, -0.2) is 9.97 Å². The summed E-state index contributed by atoms with van der Waals surface area (Å²) in [6.07, 6.45) is 1.71. The second-order valence-electron chi connectivity index (χ2n) is 9.12. The van der Waals surface area contributed by atoms with Gasteiger partial charge in [-0.2, -0.15) is 4.36 Å². The van der Waals surface area contributed by atoms with E-state index < -0.39 is 0 Å². The molecule has 0 bridgehead atoms. The maximum atomic E-state index is 4.95. The quantitative estimate of drug-likeness (QED) is 0.275. The van der Waals surface area contributed by atoms with Crippen molar-refractivity contribution in [2.45, 2.75) is 33.1 Å². The molecule has 2 heterocycles. The lowest BCUT2D eigenvalue weighted by molar-refractivity contribution is 0.648. The van der Waals surface area contributed by atoms with Gasteiger partial charge in [-0.1, -0.05) is 38.1 Å². The Kier molecular flexibility index (Phi) is 4.14. The zero-order valence-corrected chi connectivity index (χ0v) is 20.0. The van der Waals surface area contributed by atoms with Gasteiger partial charge in [0.15, 0.2) is 0 Å². The van der Waals surface area contributed by atoms with Crippen molar-refractivity contribution in [3.63, 3.8) is 0 Å². The number of aryl methyl sites for hydroxylation is 2. The van der Waals surface area contributed by atoms with Crippen LogP contribution in [0.25, 0.3) is 42.7 Å². The maximum Gasteiger partial charge on any atom is 0.128 e. The molecule has 0 spiro atoms. The van der Waals surface area contributed by atoms with E-state index in [9.17, 15) is 0 Å². The van der Waals surface area contributed by atoms with E-state index in [1.165, 1.54) is 54.4 Å². The highest BCUT2D eigenvalue weighted by molar-refractivity contribution is 7.47. The Labute approximate surface area is 196 Å². The van der Waals surface area contributed by atoms with E-state index >= 15 is 0 Å². The molecule has 0 N–H and O–H groups in total. The Bertz CT molecular complexity index is 1570. The van der Waals surface area contributed by atoms with Crippen LogP contribution in [0.4, 0.5) is 5.69 Å². The molecule has 2 aromatic heterocycles. The predicted octanol–water partition coefficient (Wildman–Crippen LogP) is 7.80. The van der Waals surface area contributed by atoms with Crippen molar-refractivity contribution in [2.75, 3.05) is 0 Å². The highest BCUT2D eigenvalue weighted by atomic mass is 32.1. The first-order valence-electron chi connectivity index (χ1n) is 10.7. The van der Waals surface area contributed by atoms with Crippen LogP contribution >= 0.6 is 11.3 Å². The van der Waals surface area contributed by atoms with E-state index in [2.05, 4.69) is 80.6 Å². The van der Waals surface area contributed by atoms with Gasteiger partial charge in [0.1, 0.15) is 11.2 Å². The second-order valence-corrected chi connectivity index (χ2v) is 10.3. The average molecular weight is 452 g/mol. The Morgan fingerprint density at radius 1 is 0.938 bits per heavy atom. The summed E-state index contributed by atoms with van der Waals surface area (Å²) in [5.41, 5.74) is 9.17. The van der Waals surface area contributed by atoms with Crippen molar-refractivity contribution in [1.82, 2.24) is 9.97 Å². The van der Waals surface area contributed by atoms with Gasteiger partial charge in [0.2, 0.25) is 0 Å². The molecular weight excluding hydrogens is 430 g/mol. The smallest absolute Gasteiger partial charge is 0.128 e. The molecule has 0 saturated heterocycles. The molecule has 3 aromatic carbocycles. The fraction of sp³-hybridized carbons (Fsp3) is 0.185. The van der Waals surface area contributed by atoms with Gasteiger partial charge >= 0.3 is 0 Å². The fourth-order valence-electron chi connectivity index (χ4n) is 5.35. The number of aromatic nitrogens is 2. The molecule has 1 aliphatic rings. The van der Waals surface area contributed by atoms with Crippen molar-refractivity contribution in [3.05, 3.63) is 77.1 Å². The third-order valence-electron chi connectivity index (χ3n) is 6.78. The predicted molar refractivity (Wildman–Crippen MR) is 137 cm³/mol. The number of fused-ring (bicyclic) bond motifs is 3. The topological polar surface area (TPSA) is 38.1 Å². The van der Waals surface area contributed by atoms with Crippen molar-refractivity contribution >= 4 is 50.4 Å². The third-order valence-corrected chi connectivity index (χ3v) is 8.10. The molecule has 1 aliphatic carbocycles. The molecule has 0 atom stereocenters. The Balaban J connectivity index is 1.75. The summed E-state index contributed by atoms with van der Waals surface area (Å²) >= 11 is 6.72. The number of hydrogen-bond donors (Lipinski definition) is 0. The van der Waals surface area contributed by atoms with Crippen LogP contribution in [0.3, 0.4) is 0 Å². The van der Waals surface area contributed by atoms with Crippen LogP contribution in [0.2, 0.25) is 0 Å². The molecule has 0 saturated carbocycles. The average Bonchev–Trinajstić information content (AvgIpc) is 3.17. The van der Waals surface area contributed by atoms with E-state index in [1.807, 2.05) is 0 Å². The van der Waals surface area contributed by atoms with Gasteiger partial charge in [-0.3, -0.25) is 0 Å². The van der Waals surface area contributed by atoms with E-state index in [0.29, 0.717) is 0 Å². The summed E-state index contributed by atoms with van der Waals surface area (Å²) in [5, 5.41) is 3.69. The Morgan fingerprint density at radius 2 is 1.62 bits per heavy atom. The van der Waals surface area contributed by atoms with Gasteiger partial charge in [0.25, 0.3) is 0 Å². The van der Waals surface area contributed by atoms with Crippen molar-refractivity contribution in [3.8, 4) is 21.7 Å². The first-order chi connectivity index (χ1) is 15.4. The lowest BCUT2D eigenvalue weighted by Gasteiger charge is -2.34. The minimum atomic E-state index is -0.190. The van der Waals surface area contributed by atoms with Gasteiger partial charge < -0.3 is 0 Å². The van der Waals surface area contributed by atoms with Crippen LogP contribution in [0, 0.1) is 13.8 Å². The molecule has 0 unspecified atom stereocenters. The van der Waals surface area contributed by atoms with Gasteiger partial charge in [-0.05, 0) is 76.7 Å². The molecule has 0 aliphatic heterocycles. The Morgan fingerprint density at radius 3 is 2.31 bits per heavy atom. The van der Waals surface area contributed by atoms with E-state index in [4.69, 9.17) is 22.4 Å². The third kappa shape index (κ3) is 2.58. The highest BCUT2D eigenvalue weighted by Crippen LogP contribution is 2.55. The molecule has 5 heteroatoms. The zero-order chi connectivity index (χ0) is 22.2. The van der Waals surface area contributed by atoms with Crippen LogP contribution in [-0.2, 0) is 17.8 Å². The molecule has 3 nitrogen and oxygen atoms in total. The molecule has 6 rings (SSSR count). The number of rotatable bonds is 2. The van der Waals surface area contributed by atoms with Crippen LogP contribution in [0.15, 0.2) is 59.2 Å². The Hall–Kier alpha value is -3.02. The monoisotopic (exact) mass is 451 g/mol. The minimum absolute atomic E-state index is 0.190. The van der Waals surface area contributed by atoms with Crippen LogP contribution in [-0.4, -0.2) is 9.97 Å². The number of benzene rings is 3. The first-order valence-corrected chi connectivity index (χ1v) is 11.8. The molecule has 32 heavy (non-hydrogen) atoms. The molecule has 0 fully saturated rings. The van der Waals surface area contributed by atoms with Crippen LogP contribution in [0.1, 0.15) is 36.1 Å². The summed E-state index contributed by atoms with van der Waals surface area (Å²) < 4.78 is 3.99. The molecular formula is C27H21N3S2. The minimum Gasteiger partial charge on any atom is -0.236 e. The van der Waals surface area contributed by atoms with Gasteiger partial charge in [0, 0.05) is 33.7 Å². The molecule has 0 amide bonds. The zero-order valence-electron chi connectivity index (χ0n) is 18.4. The van der Waals surface area contributed by atoms with E-state index in [1.54, 1.807) is 17.7 Å². The summed E-state index contributed by atoms with van der Waals surface area (Å²) in [6.45, 7) is 8.96. The number of hydrogen-bond acceptors (Lipinski definition) is 5. The molecule has 156 valence electrons. The number of nitrogens with zero attached hydrogens (tertiary/aromatic N) is 3. The van der Waals surface area contributed by atoms with Crippen molar-refractivity contribution in [2.24, 2.45) is 4.36 Å². The summed E-state index contributed by atoms with van der Waals surface area (Å²) in [5.74, 6) is 0. The second kappa shape index (κ2) is 6.74. The standard InChI is InChI=1S/C27H21N3S2/c1-14-9-18(30-31)10-15(2)21(14)25-23-22-24(28-13-29-26(22)32-25)19-11-16-7-5-6-8-17(16)12-20(19)27(23,3)4/h5-13H,1-4H3. The first kappa shape index (κ1) is 19.6. The van der Waals surface area contributed by atoms with E-state index in [-0.39, 0.29) is 5.41 Å². The maximum absolute atomic E-state index is 4.95. The summed E-state index contributed by atoms with van der Waals surface area (Å²) in [6, 6.07) is 17.4. The van der Waals surface area contributed by atoms with Crippen LogP contribution < -0.4 is 0 Å². The highest BCUT2D eigenvalue weighted by Gasteiger charge is 2.39. The summed E-state index contributed by atoms with van der Waals surface area (Å²) in [4.78, 5) is 11.8. The van der Waals surface area contributed by atoms with Gasteiger partial charge in [-0.15, -0.1) is 11.3 Å². The SMILES string of the molecule is Cc1cc(N=S)cc(C)c1-c1sc2ncnc3c2c1C(C)(C)c1cc2ccccc2cc1-3. The van der Waals surface area contributed by atoms with Crippen LogP contribution in [0.5, 0.6) is 0 Å².